The summed E-state index contributed by atoms with van der Waals surface area (Å²) in [6, 6.07) is 58.1. The van der Waals surface area contributed by atoms with E-state index in [-0.39, 0.29) is 24.5 Å². The minimum atomic E-state index is 0. The molecule has 0 aliphatic carbocycles. The second kappa shape index (κ2) is 56.4. The number of amidine groups is 8. The van der Waals surface area contributed by atoms with Crippen LogP contribution in [0, 0.1) is 0 Å². The van der Waals surface area contributed by atoms with Gasteiger partial charge in [0.25, 0.3) is 0 Å². The Bertz CT molecular complexity index is 5460. The van der Waals surface area contributed by atoms with Gasteiger partial charge < -0.3 is 18.9 Å². The topological polar surface area (TPSA) is 136 Å². The smallest absolute Gasteiger partial charge is 0.168 e. The number of ether oxygens (including phenoxy) is 4. The maximum absolute atomic E-state index is 7.14. The van der Waals surface area contributed by atoms with E-state index in [0.29, 0.717) is 126 Å². The summed E-state index contributed by atoms with van der Waals surface area (Å²) in [7, 11) is 0. The Balaban J connectivity index is 0.00000817. The second-order valence-electron chi connectivity index (χ2n) is 34.3. The molecule has 12 nitrogen and oxygen atoms in total. The molecular formula is C117H140CuN8O4. The largest absolute Gasteiger partial charge is 0.457 e. The van der Waals surface area contributed by atoms with E-state index in [1.165, 1.54) is 151 Å². The SMILES string of the molecule is C.CCC/C=C/C/C=C/CCCCCCCc1cccc(Oc2cccc3c2C2=NC3=NC3=NC(=NC4=NC(=NC5=NC(=N2)c2cccc(Oc6cccc(CCCCCCC/C=C/C/C=C/CCC)c6)c25)c2cccc(Oc5cccc(CCCCCCC/C=C/C/C=C/CCC)c5)c24)c2c(Oc4cccc(CCCCCCC/C=C/C/C=C/CCC)c4)cccc23)c1.[Cu]. The quantitative estimate of drug-likeness (QED) is 0.0213. The standard InChI is InChI=1S/C116H136N8O4.CH4.Cu/c1-5-9-13-17-21-25-29-33-37-41-45-49-53-65-89-69-57-73-93(85-89)125-101-81-61-77-97-105(101)113-118-109(97)117-110-98-78-62-83-103(127-95-75-59-71-91(87-95)67-55-51-47-43-39-35-31-27-23-19-15-11-7-3)107(98)115(119-110)124-116-108-100(80-64-84-104(108)128-96-76-60-72-92(88-96)68-56-52-48-44-40-36-32-28-24-20-16-12-8-4)112(123-116)122-114-106-99(111(120-113)121-114)79-63-82-102(106)126-94-74-58-70-90(86-94)66-54-50-46-42-38-34-30-26-22-18-14-10-6-2;;/h13-20,25-32,57-64,69-88H,5-12,21-24,33-56,65-68H2,1-4H3;1H4;/b17-13+,18-14+,19-15+,20-16+,29-25+,30-26+,31-27+,32-28+,117-109?,117-110?,120-111?,120-113?,122-112?,122-114?,124-115?,124-116?;;. The summed E-state index contributed by atoms with van der Waals surface area (Å²) in [6.07, 6.45) is 82.4. The van der Waals surface area contributed by atoms with Crippen LogP contribution in [0.2, 0.25) is 0 Å². The normalized spacial score (nSPS) is 13.7. The van der Waals surface area contributed by atoms with Crippen molar-refractivity contribution in [1.82, 2.24) is 0 Å². The maximum Gasteiger partial charge on any atom is 0.168 e. The van der Waals surface area contributed by atoms with Gasteiger partial charge in [-0.3, -0.25) is 0 Å². The number of benzene rings is 8. The predicted octanol–water partition coefficient (Wildman–Crippen LogP) is 33.4. The molecule has 8 aromatic rings. The molecule has 8 bridgehead atoms. The van der Waals surface area contributed by atoms with Crippen LogP contribution in [0.15, 0.2) is 307 Å². The molecule has 0 saturated heterocycles. The zero-order valence-corrected chi connectivity index (χ0v) is 78.1. The summed E-state index contributed by atoms with van der Waals surface area (Å²) in [5.74, 6) is 8.13. The van der Waals surface area contributed by atoms with Crippen LogP contribution < -0.4 is 18.9 Å². The molecule has 5 aliphatic heterocycles. The Hall–Kier alpha value is -11.2. The minimum Gasteiger partial charge on any atom is -0.457 e. The van der Waals surface area contributed by atoms with Gasteiger partial charge in [0.1, 0.15) is 46.0 Å². The van der Waals surface area contributed by atoms with E-state index in [1.54, 1.807) is 0 Å². The average Bonchev–Trinajstić information content (AvgIpc) is 1.58. The van der Waals surface area contributed by atoms with Crippen molar-refractivity contribution in [3.05, 3.63) is 334 Å². The summed E-state index contributed by atoms with van der Waals surface area (Å²) in [5, 5.41) is 0. The number of allylic oxidation sites excluding steroid dienone is 16. The molecule has 0 saturated carbocycles. The molecule has 683 valence electrons. The van der Waals surface area contributed by atoms with Crippen LogP contribution in [0.3, 0.4) is 0 Å². The summed E-state index contributed by atoms with van der Waals surface area (Å²) >= 11 is 0. The molecule has 8 aromatic carbocycles. The first-order valence-corrected chi connectivity index (χ1v) is 48.9. The minimum absolute atomic E-state index is 0. The van der Waals surface area contributed by atoms with E-state index in [0.717, 1.165) is 140 Å². The van der Waals surface area contributed by atoms with Crippen molar-refractivity contribution >= 4 is 46.7 Å². The number of hydrogen-bond donors (Lipinski definition) is 0. The first-order valence-electron chi connectivity index (χ1n) is 48.9. The molecule has 0 atom stereocenters. The van der Waals surface area contributed by atoms with Gasteiger partial charge in [0.2, 0.25) is 0 Å². The summed E-state index contributed by atoms with van der Waals surface area (Å²) < 4.78 is 28.5. The Morgan fingerprint density at radius 1 is 0.208 bits per heavy atom. The van der Waals surface area contributed by atoms with Gasteiger partial charge in [-0.15, -0.1) is 0 Å². The van der Waals surface area contributed by atoms with Crippen LogP contribution >= 0.6 is 0 Å². The van der Waals surface area contributed by atoms with Gasteiger partial charge in [-0.05, 0) is 249 Å². The van der Waals surface area contributed by atoms with Crippen LogP contribution in [0.5, 0.6) is 46.0 Å². The number of fused-ring (bicyclic) bond motifs is 16. The van der Waals surface area contributed by atoms with Crippen LogP contribution in [0.25, 0.3) is 0 Å². The van der Waals surface area contributed by atoms with E-state index in [9.17, 15) is 0 Å². The third kappa shape index (κ3) is 31.0. The van der Waals surface area contributed by atoms with Crippen molar-refractivity contribution in [2.24, 2.45) is 39.9 Å². The Kier molecular flexibility index (Phi) is 43.1. The van der Waals surface area contributed by atoms with E-state index in [2.05, 4.69) is 198 Å². The van der Waals surface area contributed by atoms with Crippen LogP contribution in [0.4, 0.5) is 0 Å². The first-order chi connectivity index (χ1) is 63.4. The van der Waals surface area contributed by atoms with Crippen molar-refractivity contribution in [3.63, 3.8) is 0 Å². The van der Waals surface area contributed by atoms with Gasteiger partial charge in [-0.2, -0.15) is 0 Å². The predicted molar refractivity (Wildman–Crippen MR) is 548 cm³/mol. The fraction of sp³-hybridized carbons (Fsp3) is 0.385. The molecule has 5 heterocycles. The van der Waals surface area contributed by atoms with E-state index >= 15 is 0 Å². The molecule has 0 amide bonds. The third-order valence-electron chi connectivity index (χ3n) is 23.8. The van der Waals surface area contributed by atoms with Crippen LogP contribution in [-0.2, 0) is 42.8 Å². The fourth-order valence-corrected chi connectivity index (χ4v) is 16.8. The molecule has 0 aromatic heterocycles. The van der Waals surface area contributed by atoms with Gasteiger partial charge in [-0.1, -0.05) is 332 Å². The Morgan fingerprint density at radius 2 is 0.400 bits per heavy atom. The molecule has 0 fully saturated rings. The van der Waals surface area contributed by atoms with Crippen molar-refractivity contribution in [3.8, 4) is 46.0 Å². The summed E-state index contributed by atoms with van der Waals surface area (Å²) in [4.78, 5) is 44.2. The van der Waals surface area contributed by atoms with Gasteiger partial charge in [0.15, 0.2) is 46.7 Å². The molecule has 13 rings (SSSR count). The van der Waals surface area contributed by atoms with Gasteiger partial charge in [0.05, 0.1) is 22.3 Å². The van der Waals surface area contributed by atoms with E-state index in [4.69, 9.17) is 58.9 Å². The number of unbranched alkanes of at least 4 members (excludes halogenated alkanes) is 24. The Morgan fingerprint density at radius 3 is 0.638 bits per heavy atom. The first kappa shape index (κ1) is 99.3. The fourth-order valence-electron chi connectivity index (χ4n) is 16.8. The maximum atomic E-state index is 7.14. The number of rotatable bonds is 56. The Labute approximate surface area is 789 Å². The van der Waals surface area contributed by atoms with E-state index in [1.807, 2.05) is 97.1 Å². The van der Waals surface area contributed by atoms with Crippen molar-refractivity contribution in [2.45, 2.75) is 292 Å². The van der Waals surface area contributed by atoms with Crippen molar-refractivity contribution in [2.75, 3.05) is 0 Å². The van der Waals surface area contributed by atoms with Gasteiger partial charge in [-0.25, -0.2) is 39.9 Å². The zero-order valence-electron chi connectivity index (χ0n) is 77.2. The van der Waals surface area contributed by atoms with Crippen molar-refractivity contribution < 1.29 is 36.0 Å². The van der Waals surface area contributed by atoms with Crippen LogP contribution in [-0.4, -0.2) is 46.7 Å². The van der Waals surface area contributed by atoms with Crippen molar-refractivity contribution in [1.29, 1.82) is 0 Å². The van der Waals surface area contributed by atoms with Crippen LogP contribution in [0.1, 0.15) is 333 Å². The third-order valence-corrected chi connectivity index (χ3v) is 23.8. The number of aliphatic imine (C=N–C) groups is 8. The summed E-state index contributed by atoms with van der Waals surface area (Å²) in [6.45, 7) is 8.90. The molecule has 0 spiro atoms. The zero-order chi connectivity index (χ0) is 88.0. The average molecular weight is 1790 g/mol. The molecule has 13 heteroatoms. The molecular weight excluding hydrogens is 1640 g/mol. The monoisotopic (exact) mass is 1780 g/mol. The number of aryl methyl sites for hydroxylation is 4. The van der Waals surface area contributed by atoms with Gasteiger partial charge in [0, 0.05) is 39.3 Å². The number of hydrogen-bond acceptors (Lipinski definition) is 12. The molecule has 0 N–H and O–H groups in total. The summed E-state index contributed by atoms with van der Waals surface area (Å²) in [5.41, 5.74) is 10.4. The van der Waals surface area contributed by atoms with Gasteiger partial charge >= 0.3 is 0 Å². The second-order valence-corrected chi connectivity index (χ2v) is 34.3. The number of nitrogens with zero attached hydrogens (tertiary/aromatic N) is 8. The molecule has 130 heavy (non-hydrogen) atoms. The molecule has 5 aliphatic rings. The molecule has 0 unspecified atom stereocenters. The van der Waals surface area contributed by atoms with E-state index < -0.39 is 0 Å². The molecule has 1 radical (unpaired) electrons.